The zero-order chi connectivity index (χ0) is 20.2. The van der Waals surface area contributed by atoms with Crippen LogP contribution in [-0.2, 0) is 20.9 Å². The van der Waals surface area contributed by atoms with E-state index in [4.69, 9.17) is 4.74 Å². The van der Waals surface area contributed by atoms with Gasteiger partial charge in [0, 0.05) is 6.42 Å². The zero-order valence-electron chi connectivity index (χ0n) is 17.4. The van der Waals surface area contributed by atoms with Crippen molar-refractivity contribution in [1.82, 2.24) is 0 Å². The van der Waals surface area contributed by atoms with E-state index in [1.165, 1.54) is 12.5 Å². The van der Waals surface area contributed by atoms with Crippen LogP contribution in [0.5, 0.6) is 0 Å². The summed E-state index contributed by atoms with van der Waals surface area (Å²) in [5.41, 5.74) is 1.78. The molecule has 0 aliphatic heterocycles. The molecule has 1 unspecified atom stereocenters. The van der Waals surface area contributed by atoms with Crippen LogP contribution in [0.1, 0.15) is 102 Å². The number of benzene rings is 1. The highest BCUT2D eigenvalue weighted by Crippen LogP contribution is 2.33. The maximum absolute atomic E-state index is 14.4. The van der Waals surface area contributed by atoms with Gasteiger partial charge in [-0.05, 0) is 46.9 Å². The highest BCUT2D eigenvalue weighted by molar-refractivity contribution is 6.06. The van der Waals surface area contributed by atoms with Gasteiger partial charge in [-0.15, -0.1) is 0 Å². The van der Waals surface area contributed by atoms with Crippen LogP contribution in [0.3, 0.4) is 0 Å². The number of ether oxygens (including phenoxy) is 1. The Morgan fingerprint density at radius 2 is 1.46 bits per heavy atom. The molecule has 0 spiro atoms. The number of hydrogen-bond acceptors (Lipinski definition) is 3. The second kappa shape index (κ2) is 8.79. The predicted molar refractivity (Wildman–Crippen MR) is 103 cm³/mol. The smallest absolute Gasteiger partial charge is 0.351 e. The highest BCUT2D eigenvalue weighted by atomic mass is 19.1. The summed E-state index contributed by atoms with van der Waals surface area (Å²) in [7, 11) is 0. The minimum Gasteiger partial charge on any atom is -0.458 e. The van der Waals surface area contributed by atoms with E-state index in [9.17, 15) is 14.0 Å². The molecule has 1 aromatic carbocycles. The molecule has 0 aliphatic rings. The topological polar surface area (TPSA) is 43.4 Å². The molecular formula is C22H33FO3. The average molecular weight is 365 g/mol. The van der Waals surface area contributed by atoms with Gasteiger partial charge in [0.15, 0.2) is 5.78 Å². The van der Waals surface area contributed by atoms with E-state index in [-0.39, 0.29) is 24.9 Å². The molecule has 4 heteroatoms. The Labute approximate surface area is 157 Å². The molecule has 3 nitrogen and oxygen atoms in total. The van der Waals surface area contributed by atoms with Gasteiger partial charge in [-0.25, -0.2) is 9.18 Å². The molecule has 0 N–H and O–H groups in total. The Kier molecular flexibility index (Phi) is 7.55. The van der Waals surface area contributed by atoms with Gasteiger partial charge in [0.2, 0.25) is 0 Å². The fraction of sp³-hybridized carbons (Fsp3) is 0.636. The first-order valence-corrected chi connectivity index (χ1v) is 9.49. The lowest BCUT2D eigenvalue weighted by Gasteiger charge is -2.24. The molecule has 0 radical (unpaired) electrons. The van der Waals surface area contributed by atoms with Gasteiger partial charge < -0.3 is 4.74 Å². The number of ketones is 1. The third-order valence-electron chi connectivity index (χ3n) is 4.83. The third kappa shape index (κ3) is 4.93. The van der Waals surface area contributed by atoms with Gasteiger partial charge in [0.05, 0.1) is 0 Å². The molecule has 0 fully saturated rings. The van der Waals surface area contributed by atoms with Crippen molar-refractivity contribution in [2.75, 3.05) is 0 Å². The van der Waals surface area contributed by atoms with Crippen molar-refractivity contribution in [1.29, 1.82) is 0 Å². The normalized spacial score (nSPS) is 14.0. The minimum absolute atomic E-state index is 0.0191. The summed E-state index contributed by atoms with van der Waals surface area (Å²) >= 11 is 0. The van der Waals surface area contributed by atoms with Crippen molar-refractivity contribution in [3.05, 3.63) is 34.4 Å². The Morgan fingerprint density at radius 3 is 1.81 bits per heavy atom. The van der Waals surface area contributed by atoms with Crippen LogP contribution < -0.4 is 0 Å². The molecule has 146 valence electrons. The second-order valence-corrected chi connectivity index (χ2v) is 8.00. The lowest BCUT2D eigenvalue weighted by atomic mass is 9.85. The fourth-order valence-electron chi connectivity index (χ4n) is 2.99. The van der Waals surface area contributed by atoms with Gasteiger partial charge in [-0.3, -0.25) is 4.79 Å². The van der Waals surface area contributed by atoms with E-state index >= 15 is 0 Å². The molecule has 0 heterocycles. The molecule has 0 bridgehead atoms. The summed E-state index contributed by atoms with van der Waals surface area (Å²) in [5.74, 6) is -0.992. The van der Waals surface area contributed by atoms with Crippen LogP contribution in [0, 0.1) is 0 Å². The number of carbonyl (C=O) groups excluding carboxylic acids is 2. The van der Waals surface area contributed by atoms with E-state index in [0.29, 0.717) is 5.92 Å². The van der Waals surface area contributed by atoms with Crippen LogP contribution in [0.25, 0.3) is 0 Å². The summed E-state index contributed by atoms with van der Waals surface area (Å²) in [4.78, 5) is 23.8. The molecule has 1 atom stereocenters. The monoisotopic (exact) mass is 364 g/mol. The number of halogens is 1. The lowest BCUT2D eigenvalue weighted by molar-refractivity contribution is -0.162. The molecule has 0 saturated carbocycles. The molecular weight excluding hydrogens is 331 g/mol. The Hall–Kier alpha value is -1.71. The van der Waals surface area contributed by atoms with Gasteiger partial charge in [0.25, 0.3) is 5.67 Å². The van der Waals surface area contributed by atoms with E-state index < -0.39 is 17.4 Å². The number of alkyl halides is 1. The largest absolute Gasteiger partial charge is 0.458 e. The van der Waals surface area contributed by atoms with Crippen molar-refractivity contribution in [3.63, 3.8) is 0 Å². The number of esters is 1. The molecule has 1 aromatic rings. The van der Waals surface area contributed by atoms with Crippen LogP contribution >= 0.6 is 0 Å². The first-order valence-electron chi connectivity index (χ1n) is 9.49. The van der Waals surface area contributed by atoms with Gasteiger partial charge in [-0.1, -0.05) is 60.6 Å². The summed E-state index contributed by atoms with van der Waals surface area (Å²) in [6.45, 7) is 15.2. The average Bonchev–Trinajstić information content (AvgIpc) is 2.57. The predicted octanol–water partition coefficient (Wildman–Crippen LogP) is 5.81. The molecule has 0 saturated heterocycles. The number of carbonyl (C=O) groups is 2. The quantitative estimate of drug-likeness (QED) is 0.432. The Bertz CT molecular complexity index is 628. The second-order valence-electron chi connectivity index (χ2n) is 8.00. The number of Topliss-reactive ketones (excluding diaryl/α,β-unsaturated/α-hetero) is 1. The lowest BCUT2D eigenvalue weighted by Crippen LogP contribution is -2.40. The van der Waals surface area contributed by atoms with Gasteiger partial charge >= 0.3 is 5.97 Å². The van der Waals surface area contributed by atoms with Crippen LogP contribution in [0.2, 0.25) is 0 Å². The maximum Gasteiger partial charge on any atom is 0.351 e. The van der Waals surface area contributed by atoms with Crippen molar-refractivity contribution in [2.24, 2.45) is 0 Å². The van der Waals surface area contributed by atoms with Crippen LogP contribution in [0.4, 0.5) is 4.39 Å². The van der Waals surface area contributed by atoms with Crippen molar-refractivity contribution >= 4 is 11.8 Å². The SMILES string of the molecule is CCC(=O)C(C)(F)C(=O)OCc1c(C(C)C)cc(C(C)C)cc1C(C)C. The Balaban J connectivity index is 3.26. The van der Waals surface area contributed by atoms with Crippen molar-refractivity contribution in [3.8, 4) is 0 Å². The standard InChI is InChI=1S/C22H33FO3/c1-9-20(24)22(8,23)21(25)26-12-19-17(14(4)5)10-16(13(2)3)11-18(19)15(6)7/h10-11,13-15H,9,12H2,1-8H3. The van der Waals surface area contributed by atoms with Crippen LogP contribution in [-0.4, -0.2) is 17.4 Å². The molecule has 0 amide bonds. The number of hydrogen-bond donors (Lipinski definition) is 0. The van der Waals surface area contributed by atoms with Crippen molar-refractivity contribution in [2.45, 2.75) is 91.8 Å². The maximum atomic E-state index is 14.4. The minimum atomic E-state index is -2.59. The first-order chi connectivity index (χ1) is 11.9. The van der Waals surface area contributed by atoms with E-state index in [0.717, 1.165) is 23.6 Å². The van der Waals surface area contributed by atoms with Crippen molar-refractivity contribution < 1.29 is 18.7 Å². The zero-order valence-corrected chi connectivity index (χ0v) is 17.4. The highest BCUT2D eigenvalue weighted by Gasteiger charge is 2.41. The third-order valence-corrected chi connectivity index (χ3v) is 4.83. The van der Waals surface area contributed by atoms with Crippen LogP contribution in [0.15, 0.2) is 12.1 Å². The molecule has 1 rings (SSSR count). The van der Waals surface area contributed by atoms with E-state index in [1.807, 2.05) is 0 Å². The van der Waals surface area contributed by atoms with E-state index in [1.54, 1.807) is 0 Å². The summed E-state index contributed by atoms with van der Waals surface area (Å²) in [6, 6.07) is 4.30. The summed E-state index contributed by atoms with van der Waals surface area (Å²) < 4.78 is 19.7. The number of rotatable bonds is 8. The first kappa shape index (κ1) is 22.3. The van der Waals surface area contributed by atoms with Gasteiger partial charge in [0.1, 0.15) is 6.61 Å². The molecule has 0 aliphatic carbocycles. The fourth-order valence-corrected chi connectivity index (χ4v) is 2.99. The summed E-state index contributed by atoms with van der Waals surface area (Å²) in [6.07, 6.45) is -0.0420. The molecule has 26 heavy (non-hydrogen) atoms. The Morgan fingerprint density at radius 1 is 1.00 bits per heavy atom. The molecule has 0 aromatic heterocycles. The van der Waals surface area contributed by atoms with E-state index in [2.05, 4.69) is 53.7 Å². The van der Waals surface area contributed by atoms with Gasteiger partial charge in [-0.2, -0.15) is 0 Å². The summed E-state index contributed by atoms with van der Waals surface area (Å²) in [5, 5.41) is 0.